The summed E-state index contributed by atoms with van der Waals surface area (Å²) in [4.78, 5) is 11.6. The summed E-state index contributed by atoms with van der Waals surface area (Å²) in [7, 11) is 4.85. The van der Waals surface area contributed by atoms with E-state index in [9.17, 15) is 4.79 Å². The summed E-state index contributed by atoms with van der Waals surface area (Å²) in [5.41, 5.74) is -0.607. The van der Waals surface area contributed by atoms with Gasteiger partial charge in [0, 0.05) is 26.9 Å². The smallest absolute Gasteiger partial charge is 0.325 e. The minimum absolute atomic E-state index is 0.223. The van der Waals surface area contributed by atoms with Crippen LogP contribution in [0.4, 0.5) is 0 Å². The van der Waals surface area contributed by atoms with Crippen LogP contribution in [0.25, 0.3) is 0 Å². The number of hydrogen-bond donors (Lipinski definition) is 1. The Kier molecular flexibility index (Phi) is 12.6. The van der Waals surface area contributed by atoms with E-state index in [1.165, 1.54) is 7.11 Å². The van der Waals surface area contributed by atoms with Gasteiger partial charge in [0.1, 0.15) is 5.54 Å². The van der Waals surface area contributed by atoms with E-state index in [2.05, 4.69) is 5.32 Å². The summed E-state index contributed by atoms with van der Waals surface area (Å²) in [5.74, 6) is -0.223. The fraction of sp³-hybridized carbons (Fsp3) is 0.933. The zero-order chi connectivity index (χ0) is 16.0. The highest BCUT2D eigenvalue weighted by Crippen LogP contribution is 2.15. The molecule has 0 aromatic rings. The Morgan fingerprint density at radius 2 is 1.57 bits per heavy atom. The van der Waals surface area contributed by atoms with Gasteiger partial charge in [-0.05, 0) is 39.7 Å². The molecule has 1 atom stereocenters. The molecule has 0 radical (unpaired) electrons. The van der Waals surface area contributed by atoms with E-state index in [1.54, 1.807) is 14.2 Å². The first-order valence-electron chi connectivity index (χ1n) is 7.52. The van der Waals surface area contributed by atoms with Crippen LogP contribution in [-0.2, 0) is 23.7 Å². The maximum absolute atomic E-state index is 11.6. The van der Waals surface area contributed by atoms with Gasteiger partial charge in [-0.1, -0.05) is 0 Å². The van der Waals surface area contributed by atoms with Crippen LogP contribution in [0.2, 0.25) is 0 Å². The second-order valence-electron chi connectivity index (χ2n) is 5.10. The average Bonchev–Trinajstić information content (AvgIpc) is 2.51. The van der Waals surface area contributed by atoms with Crippen molar-refractivity contribution in [2.75, 3.05) is 54.3 Å². The van der Waals surface area contributed by atoms with E-state index in [4.69, 9.17) is 18.9 Å². The molecule has 0 rings (SSSR count). The second kappa shape index (κ2) is 13.0. The van der Waals surface area contributed by atoms with Gasteiger partial charge in [-0.15, -0.1) is 0 Å². The summed E-state index contributed by atoms with van der Waals surface area (Å²) < 4.78 is 20.5. The van der Waals surface area contributed by atoms with E-state index in [-0.39, 0.29) is 5.97 Å². The maximum atomic E-state index is 11.6. The minimum atomic E-state index is -0.607. The lowest BCUT2D eigenvalue weighted by molar-refractivity contribution is -0.148. The second-order valence-corrected chi connectivity index (χ2v) is 5.10. The largest absolute Gasteiger partial charge is 0.468 e. The van der Waals surface area contributed by atoms with Crippen molar-refractivity contribution in [3.05, 3.63) is 0 Å². The highest BCUT2D eigenvalue weighted by atomic mass is 16.5. The predicted molar refractivity (Wildman–Crippen MR) is 81.5 cm³/mol. The highest BCUT2D eigenvalue weighted by Gasteiger charge is 2.31. The van der Waals surface area contributed by atoms with Crippen LogP contribution in [0.1, 0.15) is 32.6 Å². The van der Waals surface area contributed by atoms with Gasteiger partial charge >= 0.3 is 5.97 Å². The molecule has 0 aliphatic heterocycles. The molecule has 0 saturated heterocycles. The fourth-order valence-corrected chi connectivity index (χ4v) is 1.85. The van der Waals surface area contributed by atoms with Crippen LogP contribution in [0, 0.1) is 0 Å². The van der Waals surface area contributed by atoms with E-state index in [1.807, 2.05) is 6.92 Å². The van der Waals surface area contributed by atoms with Gasteiger partial charge in [-0.25, -0.2) is 0 Å². The summed E-state index contributed by atoms with van der Waals surface area (Å²) in [5, 5.41) is 3.02. The quantitative estimate of drug-likeness (QED) is 0.386. The van der Waals surface area contributed by atoms with Crippen LogP contribution in [0.3, 0.4) is 0 Å². The third kappa shape index (κ3) is 9.79. The topological polar surface area (TPSA) is 66.0 Å². The molecule has 0 aromatic heterocycles. The molecule has 0 aromatic carbocycles. The molecular weight excluding hydrogens is 274 g/mol. The molecule has 6 heteroatoms. The molecule has 0 aliphatic rings. The molecule has 21 heavy (non-hydrogen) atoms. The summed E-state index contributed by atoms with van der Waals surface area (Å²) in [6.45, 7) is 5.23. The SMILES string of the molecule is CNC(C)(CCCCOCCCOCCOC)C(=O)OC. The molecule has 0 saturated carbocycles. The van der Waals surface area contributed by atoms with Crippen molar-refractivity contribution >= 4 is 5.97 Å². The summed E-state index contributed by atoms with van der Waals surface area (Å²) in [6, 6.07) is 0. The van der Waals surface area contributed by atoms with Gasteiger partial charge in [-0.2, -0.15) is 0 Å². The number of ether oxygens (including phenoxy) is 4. The number of methoxy groups -OCH3 is 2. The lowest BCUT2D eigenvalue weighted by Crippen LogP contribution is -2.48. The summed E-state index contributed by atoms with van der Waals surface area (Å²) in [6.07, 6.45) is 3.47. The van der Waals surface area contributed by atoms with Crippen molar-refractivity contribution < 1.29 is 23.7 Å². The first-order valence-corrected chi connectivity index (χ1v) is 7.52. The minimum Gasteiger partial charge on any atom is -0.468 e. The van der Waals surface area contributed by atoms with Crippen LogP contribution in [-0.4, -0.2) is 65.8 Å². The normalized spacial score (nSPS) is 13.9. The Balaban J connectivity index is 3.45. The van der Waals surface area contributed by atoms with Gasteiger partial charge in [0.05, 0.1) is 20.3 Å². The molecule has 1 N–H and O–H groups in total. The zero-order valence-corrected chi connectivity index (χ0v) is 13.9. The molecule has 0 amide bonds. The number of rotatable bonds is 14. The Labute approximate surface area is 128 Å². The first kappa shape index (κ1) is 20.3. The van der Waals surface area contributed by atoms with Crippen LogP contribution >= 0.6 is 0 Å². The maximum Gasteiger partial charge on any atom is 0.325 e. The van der Waals surface area contributed by atoms with E-state index in [0.29, 0.717) is 33.0 Å². The molecule has 126 valence electrons. The molecule has 6 nitrogen and oxygen atoms in total. The molecular formula is C15H31NO5. The molecule has 0 spiro atoms. The standard InChI is InChI=1S/C15H31NO5/c1-15(16-2,14(17)19-4)8-5-6-9-20-10-7-11-21-13-12-18-3/h16H,5-13H2,1-4H3. The lowest BCUT2D eigenvalue weighted by Gasteiger charge is -2.25. The Morgan fingerprint density at radius 1 is 0.952 bits per heavy atom. The van der Waals surface area contributed by atoms with Crippen molar-refractivity contribution in [1.29, 1.82) is 0 Å². The monoisotopic (exact) mass is 305 g/mol. The van der Waals surface area contributed by atoms with Crippen molar-refractivity contribution in [2.45, 2.75) is 38.1 Å². The number of likely N-dealkylation sites (N-methyl/N-ethyl adjacent to an activating group) is 1. The summed E-state index contributed by atoms with van der Waals surface area (Å²) >= 11 is 0. The zero-order valence-electron chi connectivity index (χ0n) is 13.9. The van der Waals surface area contributed by atoms with Gasteiger partial charge in [0.15, 0.2) is 0 Å². The van der Waals surface area contributed by atoms with Crippen LogP contribution in [0.5, 0.6) is 0 Å². The number of carbonyl (C=O) groups is 1. The van der Waals surface area contributed by atoms with E-state index in [0.717, 1.165) is 25.7 Å². The Morgan fingerprint density at radius 3 is 2.14 bits per heavy atom. The van der Waals surface area contributed by atoms with Crippen molar-refractivity contribution in [3.8, 4) is 0 Å². The lowest BCUT2D eigenvalue weighted by atomic mass is 9.95. The Hall–Kier alpha value is -0.690. The van der Waals surface area contributed by atoms with Gasteiger partial charge in [-0.3, -0.25) is 4.79 Å². The molecule has 1 unspecified atom stereocenters. The van der Waals surface area contributed by atoms with Crippen molar-refractivity contribution in [2.24, 2.45) is 0 Å². The predicted octanol–water partition coefficient (Wildman–Crippen LogP) is 1.38. The molecule has 0 heterocycles. The third-order valence-electron chi connectivity index (χ3n) is 3.41. The number of carbonyl (C=O) groups excluding carboxylic acids is 1. The van der Waals surface area contributed by atoms with E-state index < -0.39 is 5.54 Å². The van der Waals surface area contributed by atoms with Crippen LogP contribution in [0.15, 0.2) is 0 Å². The van der Waals surface area contributed by atoms with Gasteiger partial charge in [0.2, 0.25) is 0 Å². The highest BCUT2D eigenvalue weighted by molar-refractivity contribution is 5.80. The molecule has 0 aliphatic carbocycles. The Bertz CT molecular complexity index is 262. The number of hydrogen-bond acceptors (Lipinski definition) is 6. The van der Waals surface area contributed by atoms with E-state index >= 15 is 0 Å². The molecule has 0 fully saturated rings. The van der Waals surface area contributed by atoms with Gasteiger partial charge < -0.3 is 24.3 Å². The first-order chi connectivity index (χ1) is 10.1. The van der Waals surface area contributed by atoms with Crippen LogP contribution < -0.4 is 5.32 Å². The van der Waals surface area contributed by atoms with Crippen molar-refractivity contribution in [1.82, 2.24) is 5.32 Å². The number of unbranched alkanes of at least 4 members (excludes halogenated alkanes) is 1. The third-order valence-corrected chi connectivity index (χ3v) is 3.41. The number of nitrogens with one attached hydrogen (secondary N) is 1. The fourth-order valence-electron chi connectivity index (χ4n) is 1.85. The molecule has 0 bridgehead atoms. The average molecular weight is 305 g/mol. The number of esters is 1. The van der Waals surface area contributed by atoms with Gasteiger partial charge in [0.25, 0.3) is 0 Å². The van der Waals surface area contributed by atoms with Crippen molar-refractivity contribution in [3.63, 3.8) is 0 Å².